The summed E-state index contributed by atoms with van der Waals surface area (Å²) in [6.07, 6.45) is 9.47. The van der Waals surface area contributed by atoms with E-state index in [1.165, 1.54) is 12.2 Å². The van der Waals surface area contributed by atoms with E-state index in [0.29, 0.717) is 0 Å². The van der Waals surface area contributed by atoms with Crippen LogP contribution in [0.15, 0.2) is 54.5 Å². The van der Waals surface area contributed by atoms with Crippen LogP contribution in [-0.4, -0.2) is 14.9 Å². The van der Waals surface area contributed by atoms with E-state index < -0.39 is 0 Å². The predicted molar refractivity (Wildman–Crippen MR) is 70.2 cm³/mol. The molecule has 0 N–H and O–H groups in total. The monoisotopic (exact) mass is 232 g/mol. The Morgan fingerprint density at radius 3 is 1.94 bits per heavy atom. The van der Waals surface area contributed by atoms with Crippen LogP contribution in [0.25, 0.3) is 0 Å². The molecule has 2 rings (SSSR count). The maximum atomic E-state index is 2.21. The van der Waals surface area contributed by atoms with E-state index in [1.54, 1.807) is 0 Å². The number of thioether (sulfide) groups is 1. The average Bonchev–Trinajstić information content (AvgIpc) is 2.97. The highest BCUT2D eigenvalue weighted by Crippen LogP contribution is 2.12. The molecule has 0 aliphatic heterocycles. The van der Waals surface area contributed by atoms with Crippen molar-refractivity contribution in [2.75, 3.05) is 5.75 Å². The standard InChI is InChI=1S/C13H16N2S/c1-2-11-16-12-13(14-7-3-4-8-14)15-9-5-6-10-15/h3-10,12H,2,11H2,1H3. The maximum absolute atomic E-state index is 2.21. The predicted octanol–water partition coefficient (Wildman–Crippen LogP) is 3.55. The molecule has 2 aromatic rings. The Balaban J connectivity index is 2.24. The Hall–Kier alpha value is -1.35. The molecular formula is C13H16N2S. The van der Waals surface area contributed by atoms with Crippen LogP contribution >= 0.6 is 11.8 Å². The first-order valence-corrected chi connectivity index (χ1v) is 6.55. The fourth-order valence-electron chi connectivity index (χ4n) is 1.48. The van der Waals surface area contributed by atoms with E-state index in [4.69, 9.17) is 0 Å². The van der Waals surface area contributed by atoms with Crippen LogP contribution in [0.1, 0.15) is 13.3 Å². The Morgan fingerprint density at radius 1 is 1.00 bits per heavy atom. The molecule has 2 heterocycles. The van der Waals surface area contributed by atoms with Crippen LogP contribution in [0.2, 0.25) is 0 Å². The number of aromatic nitrogens is 2. The summed E-state index contributed by atoms with van der Waals surface area (Å²) in [5.41, 5.74) is 0. The van der Waals surface area contributed by atoms with Crippen molar-refractivity contribution in [3.05, 3.63) is 60.3 Å². The lowest BCUT2D eigenvalue weighted by atomic mass is 10.6. The highest BCUT2D eigenvalue weighted by Gasteiger charge is 2.00. The molecule has 0 aromatic carbocycles. The van der Waals surface area contributed by atoms with Gasteiger partial charge in [0.25, 0.3) is 0 Å². The van der Waals surface area contributed by atoms with Crippen LogP contribution in [0, 0.1) is 5.82 Å². The van der Waals surface area contributed by atoms with Crippen LogP contribution in [0.5, 0.6) is 0 Å². The van der Waals surface area contributed by atoms with Crippen molar-refractivity contribution < 1.29 is 0 Å². The summed E-state index contributed by atoms with van der Waals surface area (Å²) in [5, 5.41) is 2.21. The topological polar surface area (TPSA) is 9.86 Å². The second-order valence-corrected chi connectivity index (χ2v) is 4.50. The Labute approximate surface area is 101 Å². The van der Waals surface area contributed by atoms with Crippen LogP contribution in [0.4, 0.5) is 0 Å². The molecule has 0 aliphatic rings. The number of hydrogen-bond acceptors (Lipinski definition) is 1. The second-order valence-electron chi connectivity index (χ2n) is 3.53. The summed E-state index contributed by atoms with van der Waals surface area (Å²) in [5.74, 6) is 2.33. The van der Waals surface area contributed by atoms with Crippen molar-refractivity contribution in [3.63, 3.8) is 0 Å². The van der Waals surface area contributed by atoms with Crippen LogP contribution in [-0.2, 0) is 0 Å². The number of nitrogens with zero attached hydrogens (tertiary/aromatic N) is 2. The first-order chi connectivity index (χ1) is 7.92. The molecule has 0 saturated carbocycles. The van der Waals surface area contributed by atoms with Crippen molar-refractivity contribution in [2.45, 2.75) is 13.3 Å². The Bertz CT molecular complexity index is 390. The lowest BCUT2D eigenvalue weighted by Gasteiger charge is -2.10. The van der Waals surface area contributed by atoms with E-state index in [0.717, 1.165) is 5.75 Å². The van der Waals surface area contributed by atoms with Crippen molar-refractivity contribution in [3.8, 4) is 0 Å². The van der Waals surface area contributed by atoms with Gasteiger partial charge in [-0.05, 0) is 36.4 Å². The largest absolute Gasteiger partial charge is 0.309 e. The van der Waals surface area contributed by atoms with E-state index in [1.807, 2.05) is 36.0 Å². The third-order valence-electron chi connectivity index (χ3n) is 2.25. The quantitative estimate of drug-likeness (QED) is 0.717. The molecule has 3 heteroatoms. The molecule has 16 heavy (non-hydrogen) atoms. The molecule has 0 fully saturated rings. The van der Waals surface area contributed by atoms with Crippen molar-refractivity contribution in [2.24, 2.45) is 0 Å². The molecule has 0 radical (unpaired) electrons. The molecule has 0 atom stereocenters. The summed E-state index contributed by atoms with van der Waals surface area (Å²) in [6, 6.07) is 8.17. The van der Waals surface area contributed by atoms with Gasteiger partial charge in [0.15, 0.2) is 0 Å². The second kappa shape index (κ2) is 5.66. The van der Waals surface area contributed by atoms with E-state index in [2.05, 4.69) is 46.3 Å². The van der Waals surface area contributed by atoms with Gasteiger partial charge in [-0.1, -0.05) is 6.92 Å². The van der Waals surface area contributed by atoms with E-state index >= 15 is 0 Å². The van der Waals surface area contributed by atoms with Gasteiger partial charge in [0.05, 0.1) is 0 Å². The summed E-state index contributed by atoms with van der Waals surface area (Å²) >= 11 is 1.85. The zero-order valence-electron chi connectivity index (χ0n) is 9.41. The zero-order valence-corrected chi connectivity index (χ0v) is 10.2. The smallest absolute Gasteiger partial charge is 0.127 e. The van der Waals surface area contributed by atoms with Gasteiger partial charge in [0.2, 0.25) is 0 Å². The van der Waals surface area contributed by atoms with Gasteiger partial charge >= 0.3 is 0 Å². The van der Waals surface area contributed by atoms with Gasteiger partial charge in [0.1, 0.15) is 5.82 Å². The lowest BCUT2D eigenvalue weighted by molar-refractivity contribution is 0.768. The van der Waals surface area contributed by atoms with Crippen molar-refractivity contribution >= 4 is 11.8 Å². The molecule has 0 amide bonds. The van der Waals surface area contributed by atoms with E-state index in [-0.39, 0.29) is 0 Å². The van der Waals surface area contributed by atoms with Crippen LogP contribution in [0.3, 0.4) is 0 Å². The molecule has 0 aliphatic carbocycles. The molecular weight excluding hydrogens is 216 g/mol. The fraction of sp³-hybridized carbons (Fsp3) is 0.231. The normalized spacial score (nSPS) is 10.3. The molecule has 84 valence electrons. The summed E-state index contributed by atoms with van der Waals surface area (Å²) in [4.78, 5) is 0. The summed E-state index contributed by atoms with van der Waals surface area (Å²) in [7, 11) is 0. The zero-order chi connectivity index (χ0) is 11.2. The van der Waals surface area contributed by atoms with Crippen molar-refractivity contribution in [1.29, 1.82) is 0 Å². The molecule has 2 aromatic heterocycles. The van der Waals surface area contributed by atoms with Gasteiger partial charge in [-0.3, -0.25) is 0 Å². The fourth-order valence-corrected chi connectivity index (χ4v) is 2.23. The molecule has 0 unspecified atom stereocenters. The summed E-state index contributed by atoms with van der Waals surface area (Å²) in [6.45, 7) is 2.20. The molecule has 0 spiro atoms. The first kappa shape index (κ1) is 11.1. The van der Waals surface area contributed by atoms with Gasteiger partial charge in [0, 0.05) is 30.2 Å². The minimum absolute atomic E-state index is 1.16. The minimum Gasteiger partial charge on any atom is -0.309 e. The highest BCUT2D eigenvalue weighted by molar-refractivity contribution is 8.02. The lowest BCUT2D eigenvalue weighted by Crippen LogP contribution is -2.07. The first-order valence-electron chi connectivity index (χ1n) is 5.50. The molecule has 2 nitrogen and oxygen atoms in total. The third kappa shape index (κ3) is 2.61. The van der Waals surface area contributed by atoms with Gasteiger partial charge < -0.3 is 9.13 Å². The minimum atomic E-state index is 1.16. The highest BCUT2D eigenvalue weighted by atomic mass is 32.2. The van der Waals surface area contributed by atoms with E-state index in [9.17, 15) is 0 Å². The van der Waals surface area contributed by atoms with Gasteiger partial charge in [-0.25, -0.2) is 0 Å². The third-order valence-corrected chi connectivity index (χ3v) is 3.27. The number of rotatable bonds is 5. The Morgan fingerprint density at radius 2 is 1.50 bits per heavy atom. The Kier molecular flexibility index (Phi) is 3.94. The van der Waals surface area contributed by atoms with Crippen LogP contribution < -0.4 is 0 Å². The van der Waals surface area contributed by atoms with Gasteiger partial charge in [-0.15, -0.1) is 11.8 Å². The SMILES string of the molecule is CCCSC=C(n1cccc1)n1cccc1. The molecule has 0 saturated heterocycles. The number of hydrogen-bond donors (Lipinski definition) is 0. The maximum Gasteiger partial charge on any atom is 0.127 e. The average molecular weight is 232 g/mol. The van der Waals surface area contributed by atoms with Crippen molar-refractivity contribution in [1.82, 2.24) is 9.13 Å². The molecule has 0 bridgehead atoms. The summed E-state index contributed by atoms with van der Waals surface area (Å²) < 4.78 is 4.26. The van der Waals surface area contributed by atoms with Gasteiger partial charge in [-0.2, -0.15) is 0 Å².